The van der Waals surface area contributed by atoms with E-state index in [1.165, 1.54) is 0 Å². The SMILES string of the molecule is N#Cc1ccccc1Sn1c(Cc2ccccn2)cc2ccc(N)cc21. The van der Waals surface area contributed by atoms with Gasteiger partial charge in [0.05, 0.1) is 11.1 Å². The molecule has 0 amide bonds. The van der Waals surface area contributed by atoms with Crippen LogP contribution >= 0.6 is 11.9 Å². The monoisotopic (exact) mass is 356 g/mol. The first kappa shape index (κ1) is 16.2. The molecular formula is C21H16N4S. The minimum absolute atomic E-state index is 0.659. The van der Waals surface area contributed by atoms with E-state index in [4.69, 9.17) is 5.73 Å². The van der Waals surface area contributed by atoms with Gasteiger partial charge in [0.2, 0.25) is 0 Å². The van der Waals surface area contributed by atoms with Crippen LogP contribution in [0.5, 0.6) is 0 Å². The minimum atomic E-state index is 0.659. The van der Waals surface area contributed by atoms with Gasteiger partial charge in [-0.3, -0.25) is 8.96 Å². The summed E-state index contributed by atoms with van der Waals surface area (Å²) in [6.45, 7) is 0. The molecule has 4 aromatic rings. The Bertz CT molecular complexity index is 1110. The molecule has 2 aromatic carbocycles. The summed E-state index contributed by atoms with van der Waals surface area (Å²) in [4.78, 5) is 5.36. The third kappa shape index (κ3) is 3.15. The summed E-state index contributed by atoms with van der Waals surface area (Å²) < 4.78 is 2.15. The van der Waals surface area contributed by atoms with Gasteiger partial charge in [0.15, 0.2) is 0 Å². The maximum Gasteiger partial charge on any atom is 0.100 e. The van der Waals surface area contributed by atoms with E-state index < -0.39 is 0 Å². The van der Waals surface area contributed by atoms with Gasteiger partial charge in [-0.1, -0.05) is 24.3 Å². The Labute approximate surface area is 156 Å². The first-order valence-electron chi connectivity index (χ1n) is 8.22. The average molecular weight is 356 g/mol. The van der Waals surface area contributed by atoms with Gasteiger partial charge in [0.1, 0.15) is 6.07 Å². The molecule has 0 aliphatic heterocycles. The molecule has 2 aromatic heterocycles. The highest BCUT2D eigenvalue weighted by atomic mass is 32.2. The van der Waals surface area contributed by atoms with Gasteiger partial charge in [-0.25, -0.2) is 0 Å². The molecule has 126 valence electrons. The molecule has 0 spiro atoms. The number of anilines is 1. The second-order valence-corrected chi connectivity index (χ2v) is 6.93. The van der Waals surface area contributed by atoms with E-state index in [1.807, 2.05) is 60.7 Å². The highest BCUT2D eigenvalue weighted by Crippen LogP contribution is 2.33. The van der Waals surface area contributed by atoms with E-state index in [0.29, 0.717) is 12.0 Å². The smallest absolute Gasteiger partial charge is 0.100 e. The van der Waals surface area contributed by atoms with Crippen LogP contribution in [-0.4, -0.2) is 8.96 Å². The Kier molecular flexibility index (Phi) is 4.34. The van der Waals surface area contributed by atoms with Gasteiger partial charge >= 0.3 is 0 Å². The number of aromatic nitrogens is 2. The number of fused-ring (bicyclic) bond motifs is 1. The second kappa shape index (κ2) is 6.95. The van der Waals surface area contributed by atoms with Crippen molar-refractivity contribution < 1.29 is 0 Å². The standard InChI is InChI=1S/C21H16N4S/c22-14-16-5-1-2-7-21(16)26-25-19(13-18-6-3-4-10-24-18)11-15-8-9-17(23)12-20(15)25/h1-12H,13,23H2. The highest BCUT2D eigenvalue weighted by Gasteiger charge is 2.13. The Hall–Kier alpha value is -3.23. The molecule has 0 fully saturated rings. The fourth-order valence-corrected chi connectivity index (χ4v) is 3.95. The van der Waals surface area contributed by atoms with Gasteiger partial charge in [-0.05, 0) is 54.4 Å². The molecule has 0 saturated carbocycles. The number of benzene rings is 2. The molecule has 0 aliphatic rings. The van der Waals surface area contributed by atoms with Crippen molar-refractivity contribution in [1.82, 2.24) is 8.96 Å². The normalized spacial score (nSPS) is 10.7. The fraction of sp³-hybridized carbons (Fsp3) is 0.0476. The van der Waals surface area contributed by atoms with Crippen LogP contribution in [0.2, 0.25) is 0 Å². The van der Waals surface area contributed by atoms with E-state index in [2.05, 4.69) is 21.1 Å². The third-order valence-corrected chi connectivity index (χ3v) is 5.31. The molecule has 2 N–H and O–H groups in total. The van der Waals surface area contributed by atoms with E-state index in [-0.39, 0.29) is 0 Å². The zero-order chi connectivity index (χ0) is 17.9. The van der Waals surface area contributed by atoms with E-state index in [9.17, 15) is 5.26 Å². The fourth-order valence-electron chi connectivity index (χ4n) is 2.91. The zero-order valence-corrected chi connectivity index (χ0v) is 14.8. The number of rotatable bonds is 4. The van der Waals surface area contributed by atoms with Crippen LogP contribution < -0.4 is 5.73 Å². The van der Waals surface area contributed by atoms with Crippen molar-refractivity contribution in [3.05, 3.63) is 89.9 Å². The number of nitriles is 1. The lowest BCUT2D eigenvalue weighted by Gasteiger charge is -2.11. The highest BCUT2D eigenvalue weighted by molar-refractivity contribution is 7.98. The molecule has 0 saturated heterocycles. The van der Waals surface area contributed by atoms with Gasteiger partial charge < -0.3 is 5.73 Å². The predicted molar refractivity (Wildman–Crippen MR) is 106 cm³/mol. The summed E-state index contributed by atoms with van der Waals surface area (Å²) in [6, 6.07) is 23.9. The van der Waals surface area contributed by atoms with Crippen LogP contribution in [0, 0.1) is 11.3 Å². The second-order valence-electron chi connectivity index (χ2n) is 5.95. The van der Waals surface area contributed by atoms with Crippen LogP contribution in [0.25, 0.3) is 10.9 Å². The van der Waals surface area contributed by atoms with Crippen molar-refractivity contribution in [3.63, 3.8) is 0 Å². The number of nitrogens with zero attached hydrogens (tertiary/aromatic N) is 3. The Morgan fingerprint density at radius 1 is 1.04 bits per heavy atom. The quantitative estimate of drug-likeness (QED) is 0.541. The van der Waals surface area contributed by atoms with Crippen LogP contribution in [0.15, 0.2) is 77.8 Å². The molecule has 0 bridgehead atoms. The molecule has 0 unspecified atom stereocenters. The van der Waals surface area contributed by atoms with Crippen LogP contribution in [-0.2, 0) is 6.42 Å². The number of nitrogens with two attached hydrogens (primary N) is 1. The zero-order valence-electron chi connectivity index (χ0n) is 14.0. The van der Waals surface area contributed by atoms with Crippen LogP contribution in [0.3, 0.4) is 0 Å². The molecular weight excluding hydrogens is 340 g/mol. The molecule has 0 aliphatic carbocycles. The molecule has 4 rings (SSSR count). The molecule has 5 heteroatoms. The number of hydrogen-bond acceptors (Lipinski definition) is 4. The Morgan fingerprint density at radius 2 is 1.88 bits per heavy atom. The Morgan fingerprint density at radius 3 is 2.69 bits per heavy atom. The van der Waals surface area contributed by atoms with Gasteiger partial charge in [-0.2, -0.15) is 5.26 Å². The summed E-state index contributed by atoms with van der Waals surface area (Å²) >= 11 is 1.54. The maximum atomic E-state index is 9.41. The largest absolute Gasteiger partial charge is 0.399 e. The van der Waals surface area contributed by atoms with Crippen molar-refractivity contribution in [1.29, 1.82) is 5.26 Å². The maximum absolute atomic E-state index is 9.41. The molecule has 4 nitrogen and oxygen atoms in total. The average Bonchev–Trinajstić information content (AvgIpc) is 2.99. The summed E-state index contributed by atoms with van der Waals surface area (Å²) in [5.41, 5.74) is 10.5. The van der Waals surface area contributed by atoms with Crippen molar-refractivity contribution in [2.75, 3.05) is 5.73 Å². The summed E-state index contributed by atoms with van der Waals surface area (Å²) in [5, 5.41) is 10.5. The van der Waals surface area contributed by atoms with Crippen molar-refractivity contribution in [3.8, 4) is 6.07 Å². The topological polar surface area (TPSA) is 67.6 Å². The van der Waals surface area contributed by atoms with Crippen molar-refractivity contribution in [2.24, 2.45) is 0 Å². The molecule has 0 atom stereocenters. The lowest BCUT2D eigenvalue weighted by Crippen LogP contribution is -1.99. The van der Waals surface area contributed by atoms with Crippen molar-refractivity contribution >= 4 is 28.5 Å². The third-order valence-electron chi connectivity index (χ3n) is 4.14. The molecule has 0 radical (unpaired) electrons. The number of pyridine rings is 1. The van der Waals surface area contributed by atoms with Gasteiger partial charge in [0.25, 0.3) is 0 Å². The first-order chi connectivity index (χ1) is 12.7. The number of hydrogen-bond donors (Lipinski definition) is 1. The minimum Gasteiger partial charge on any atom is -0.399 e. The number of nitrogen functional groups attached to an aromatic ring is 1. The lowest BCUT2D eigenvalue weighted by atomic mass is 10.2. The van der Waals surface area contributed by atoms with E-state index >= 15 is 0 Å². The summed E-state index contributed by atoms with van der Waals surface area (Å²) in [6.07, 6.45) is 2.51. The summed E-state index contributed by atoms with van der Waals surface area (Å²) in [7, 11) is 0. The van der Waals surface area contributed by atoms with E-state index in [1.54, 1.807) is 18.1 Å². The van der Waals surface area contributed by atoms with Gasteiger partial charge in [0, 0.05) is 40.0 Å². The first-order valence-corrected chi connectivity index (χ1v) is 8.99. The van der Waals surface area contributed by atoms with Crippen LogP contribution in [0.4, 0.5) is 5.69 Å². The lowest BCUT2D eigenvalue weighted by molar-refractivity contribution is 1.01. The Balaban J connectivity index is 1.84. The molecule has 2 heterocycles. The van der Waals surface area contributed by atoms with E-state index in [0.717, 1.165) is 32.9 Å². The predicted octanol–water partition coefficient (Wildman–Crippen LogP) is 4.64. The van der Waals surface area contributed by atoms with Crippen molar-refractivity contribution in [2.45, 2.75) is 11.3 Å². The van der Waals surface area contributed by atoms with Crippen LogP contribution in [0.1, 0.15) is 17.0 Å². The summed E-state index contributed by atoms with van der Waals surface area (Å²) in [5.74, 6) is 0. The van der Waals surface area contributed by atoms with Gasteiger partial charge in [-0.15, -0.1) is 0 Å². The molecule has 26 heavy (non-hydrogen) atoms.